The fraction of sp³-hybridized carbons (Fsp3) is 0.211. The lowest BCUT2D eigenvalue weighted by Crippen LogP contribution is -1.97. The summed E-state index contributed by atoms with van der Waals surface area (Å²) >= 11 is 0.892. The van der Waals surface area contributed by atoms with Gasteiger partial charge in [-0.25, -0.2) is 9.78 Å². The van der Waals surface area contributed by atoms with E-state index >= 15 is 0 Å². The Morgan fingerprint density at radius 1 is 1.40 bits per heavy atom. The number of carboxylic acid groups (broad SMARTS) is 1. The summed E-state index contributed by atoms with van der Waals surface area (Å²) in [5.41, 5.74) is 0.266. The van der Waals surface area contributed by atoms with Crippen LogP contribution >= 0.6 is 11.8 Å². The molecule has 0 amide bonds. The molecule has 2 aromatic heterocycles. The molecule has 0 aliphatic rings. The number of nitrogens with one attached hydrogen (secondary N) is 1. The zero-order chi connectivity index (χ0) is 21.7. The van der Waals surface area contributed by atoms with Crippen LogP contribution in [0.1, 0.15) is 24.9 Å². The topological polar surface area (TPSA) is 144 Å². The van der Waals surface area contributed by atoms with Crippen LogP contribution in [0.3, 0.4) is 0 Å². The van der Waals surface area contributed by atoms with E-state index in [-0.39, 0.29) is 16.4 Å². The number of nitrogens with zero attached hydrogens (tertiary/aromatic N) is 3. The second-order valence-electron chi connectivity index (χ2n) is 6.07. The van der Waals surface area contributed by atoms with Crippen molar-refractivity contribution in [3.8, 4) is 17.1 Å². The number of methoxy groups -OCH3 is 1. The Morgan fingerprint density at radius 2 is 2.20 bits per heavy atom. The van der Waals surface area contributed by atoms with E-state index in [1.54, 1.807) is 12.1 Å². The minimum Gasteiger partial charge on any atom is -0.496 e. The Hall–Kier alpha value is -3.60. The normalized spacial score (nSPS) is 11.5. The summed E-state index contributed by atoms with van der Waals surface area (Å²) in [5, 5.41) is 27.7. The molecule has 0 aliphatic carbocycles. The molecular formula is C19H18N4O6S. The molecule has 2 heterocycles. The number of thioether (sulfide) groups is 1. The molecule has 0 fully saturated rings. The average molecular weight is 430 g/mol. The predicted molar refractivity (Wildman–Crippen MR) is 109 cm³/mol. The molecule has 0 saturated carbocycles. The van der Waals surface area contributed by atoms with E-state index in [9.17, 15) is 20.0 Å². The highest BCUT2D eigenvalue weighted by atomic mass is 32.2. The number of benzene rings is 1. The summed E-state index contributed by atoms with van der Waals surface area (Å²) in [7, 11) is 1.44. The summed E-state index contributed by atoms with van der Waals surface area (Å²) in [6, 6.07) is 7.29. The second kappa shape index (κ2) is 9.27. The first-order valence-electron chi connectivity index (χ1n) is 8.88. The molecule has 0 bridgehead atoms. The van der Waals surface area contributed by atoms with Crippen LogP contribution in [0.15, 0.2) is 44.8 Å². The summed E-state index contributed by atoms with van der Waals surface area (Å²) in [6.45, 7) is 2.00. The number of aliphatic carboxylic acids is 1. The van der Waals surface area contributed by atoms with Crippen molar-refractivity contribution in [2.24, 2.45) is 0 Å². The summed E-state index contributed by atoms with van der Waals surface area (Å²) in [4.78, 5) is 26.4. The third-order valence-electron chi connectivity index (χ3n) is 3.97. The SMILES string of the molecule is CCCc1nc(S/C(=C\c2ccc(-c3cc([N+](=O)[O-])ccc3OC)o2)C(=O)O)n[nH]1. The van der Waals surface area contributed by atoms with Crippen molar-refractivity contribution < 1.29 is 24.0 Å². The molecule has 3 rings (SSSR count). The minimum atomic E-state index is -1.16. The van der Waals surface area contributed by atoms with E-state index in [0.717, 1.165) is 18.2 Å². The molecule has 0 saturated heterocycles. The zero-order valence-corrected chi connectivity index (χ0v) is 16.9. The fourth-order valence-corrected chi connectivity index (χ4v) is 3.32. The van der Waals surface area contributed by atoms with Gasteiger partial charge in [-0.05, 0) is 36.4 Å². The van der Waals surface area contributed by atoms with E-state index < -0.39 is 10.9 Å². The van der Waals surface area contributed by atoms with Crippen molar-refractivity contribution in [1.29, 1.82) is 0 Å². The van der Waals surface area contributed by atoms with E-state index in [2.05, 4.69) is 15.2 Å². The Bertz CT molecular complexity index is 1100. The third-order valence-corrected chi connectivity index (χ3v) is 4.85. The van der Waals surface area contributed by atoms with Gasteiger partial charge in [0.15, 0.2) is 0 Å². The van der Waals surface area contributed by atoms with Gasteiger partial charge in [0, 0.05) is 24.6 Å². The Labute approximate surface area is 175 Å². The van der Waals surface area contributed by atoms with Gasteiger partial charge in [0.2, 0.25) is 5.16 Å². The molecule has 30 heavy (non-hydrogen) atoms. The molecule has 0 aliphatic heterocycles. The maximum absolute atomic E-state index is 11.6. The van der Waals surface area contributed by atoms with Crippen LogP contribution < -0.4 is 4.74 Å². The third kappa shape index (κ3) is 4.87. The highest BCUT2D eigenvalue weighted by Crippen LogP contribution is 2.35. The van der Waals surface area contributed by atoms with Crippen LogP contribution in [0.2, 0.25) is 0 Å². The highest BCUT2D eigenvalue weighted by molar-refractivity contribution is 8.04. The van der Waals surface area contributed by atoms with Gasteiger partial charge >= 0.3 is 5.97 Å². The van der Waals surface area contributed by atoms with Crippen molar-refractivity contribution in [2.45, 2.75) is 24.9 Å². The van der Waals surface area contributed by atoms with Gasteiger partial charge in [0.25, 0.3) is 5.69 Å². The molecule has 0 spiro atoms. The first kappa shape index (κ1) is 21.1. The number of non-ortho nitro benzene ring substituents is 1. The van der Waals surface area contributed by atoms with Gasteiger partial charge in [0.1, 0.15) is 28.0 Å². The van der Waals surface area contributed by atoms with Gasteiger partial charge in [0.05, 0.1) is 17.6 Å². The lowest BCUT2D eigenvalue weighted by molar-refractivity contribution is -0.384. The molecule has 0 radical (unpaired) electrons. The molecular weight excluding hydrogens is 412 g/mol. The molecule has 0 atom stereocenters. The number of H-pyrrole nitrogens is 1. The number of ether oxygens (including phenoxy) is 1. The summed E-state index contributed by atoms with van der Waals surface area (Å²) in [6.07, 6.45) is 2.94. The first-order chi connectivity index (χ1) is 14.4. The monoisotopic (exact) mass is 430 g/mol. The number of nitro groups is 1. The van der Waals surface area contributed by atoms with Crippen LogP contribution in [-0.4, -0.2) is 38.3 Å². The number of aryl methyl sites for hydroxylation is 1. The van der Waals surface area contributed by atoms with Crippen LogP contribution in [-0.2, 0) is 11.2 Å². The van der Waals surface area contributed by atoms with E-state index in [1.807, 2.05) is 6.92 Å². The standard InChI is InChI=1S/C19H18N4O6S/c1-3-4-17-20-19(22-21-17)30-16(18(24)25)10-12-6-8-15(29-12)13-9-11(23(26)27)5-7-14(13)28-2/h5-10H,3-4H2,1-2H3,(H,24,25)(H,20,21,22)/b16-10-. The molecule has 2 N–H and O–H groups in total. The average Bonchev–Trinajstić information content (AvgIpc) is 3.36. The molecule has 10 nitrogen and oxygen atoms in total. The Balaban J connectivity index is 1.89. The van der Waals surface area contributed by atoms with Crippen molar-refractivity contribution in [2.75, 3.05) is 7.11 Å². The smallest absolute Gasteiger partial charge is 0.342 e. The largest absolute Gasteiger partial charge is 0.496 e. The number of nitro benzene ring substituents is 1. The van der Waals surface area contributed by atoms with Gasteiger partial charge < -0.3 is 14.3 Å². The molecule has 1 aromatic carbocycles. The summed E-state index contributed by atoms with van der Waals surface area (Å²) in [5.74, 6) is 0.477. The first-order valence-corrected chi connectivity index (χ1v) is 9.69. The number of furan rings is 1. The Kier molecular flexibility index (Phi) is 6.52. The predicted octanol–water partition coefficient (Wildman–Crippen LogP) is 4.15. The second-order valence-corrected chi connectivity index (χ2v) is 7.08. The maximum Gasteiger partial charge on any atom is 0.342 e. The van der Waals surface area contributed by atoms with E-state index in [4.69, 9.17) is 9.15 Å². The van der Waals surface area contributed by atoms with E-state index in [0.29, 0.717) is 34.5 Å². The van der Waals surface area contributed by atoms with Crippen molar-refractivity contribution in [3.05, 3.63) is 56.9 Å². The van der Waals surface area contributed by atoms with Crippen molar-refractivity contribution in [1.82, 2.24) is 15.2 Å². The number of aromatic nitrogens is 3. The summed E-state index contributed by atoms with van der Waals surface area (Å²) < 4.78 is 11.0. The zero-order valence-electron chi connectivity index (χ0n) is 16.1. The number of carboxylic acids is 1. The number of hydrogen-bond donors (Lipinski definition) is 2. The van der Waals surface area contributed by atoms with Gasteiger partial charge in [-0.1, -0.05) is 6.92 Å². The van der Waals surface area contributed by atoms with Crippen LogP contribution in [0, 0.1) is 10.1 Å². The van der Waals surface area contributed by atoms with Crippen molar-refractivity contribution in [3.63, 3.8) is 0 Å². The van der Waals surface area contributed by atoms with Gasteiger partial charge in [-0.15, -0.1) is 5.10 Å². The molecule has 0 unspecified atom stereocenters. The lowest BCUT2D eigenvalue weighted by atomic mass is 10.1. The number of carbonyl (C=O) groups is 1. The fourth-order valence-electron chi connectivity index (χ4n) is 2.61. The maximum atomic E-state index is 11.6. The van der Waals surface area contributed by atoms with Crippen LogP contribution in [0.25, 0.3) is 17.4 Å². The van der Waals surface area contributed by atoms with Crippen LogP contribution in [0.4, 0.5) is 5.69 Å². The number of rotatable bonds is 9. The lowest BCUT2D eigenvalue weighted by Gasteiger charge is -2.05. The highest BCUT2D eigenvalue weighted by Gasteiger charge is 2.18. The van der Waals surface area contributed by atoms with Gasteiger partial charge in [-0.2, -0.15) is 0 Å². The molecule has 156 valence electrons. The van der Waals surface area contributed by atoms with Gasteiger partial charge in [-0.3, -0.25) is 15.2 Å². The quantitative estimate of drug-likeness (QED) is 0.221. The molecule has 11 heteroatoms. The molecule has 3 aromatic rings. The number of hydrogen-bond acceptors (Lipinski definition) is 8. The van der Waals surface area contributed by atoms with Crippen LogP contribution in [0.5, 0.6) is 5.75 Å². The minimum absolute atomic E-state index is 0.0380. The van der Waals surface area contributed by atoms with E-state index in [1.165, 1.54) is 31.4 Å². The van der Waals surface area contributed by atoms with Crippen molar-refractivity contribution >= 4 is 29.5 Å². The number of aromatic amines is 1. The Morgan fingerprint density at radius 3 is 2.87 bits per heavy atom.